The lowest BCUT2D eigenvalue weighted by Gasteiger charge is -2.10. The van der Waals surface area contributed by atoms with Gasteiger partial charge in [-0.1, -0.05) is 43.3 Å². The van der Waals surface area contributed by atoms with Crippen molar-refractivity contribution in [2.24, 2.45) is 5.16 Å². The van der Waals surface area contributed by atoms with Gasteiger partial charge in [-0.05, 0) is 35.2 Å². The molecule has 25 heavy (non-hydrogen) atoms. The fraction of sp³-hybridized carbons (Fsp3) is 0.316. The average molecular weight is 349 g/mol. The molecular formula is C19H21F2NO3. The number of nitrogens with zero attached hydrogens (tertiary/aromatic N) is 1. The Hall–Kier alpha value is -2.63. The monoisotopic (exact) mass is 349 g/mol. The number of ether oxygens (including phenoxy) is 2. The molecule has 0 bridgehead atoms. The Bertz CT molecular complexity index is 700. The standard InChI is InChI=1S/C19H21F2NO3/c1-13(2)16-7-4-14(5-8-16)12-24-22-11-15-6-9-17(25-19(20)21)18(10-15)23-3/h4-11,13,19H,12H2,1-3H3/b22-11+. The highest BCUT2D eigenvalue weighted by atomic mass is 19.3. The van der Waals surface area contributed by atoms with Gasteiger partial charge in [-0.2, -0.15) is 8.78 Å². The first kappa shape index (κ1) is 18.7. The van der Waals surface area contributed by atoms with Crippen molar-refractivity contribution in [1.29, 1.82) is 0 Å². The number of hydrogen-bond donors (Lipinski definition) is 0. The van der Waals surface area contributed by atoms with Crippen LogP contribution in [0.2, 0.25) is 0 Å². The van der Waals surface area contributed by atoms with Crippen LogP contribution in [0.3, 0.4) is 0 Å². The van der Waals surface area contributed by atoms with E-state index in [0.29, 0.717) is 18.1 Å². The first-order valence-corrected chi connectivity index (χ1v) is 7.86. The predicted molar refractivity (Wildman–Crippen MR) is 92.5 cm³/mol. The van der Waals surface area contributed by atoms with E-state index in [1.165, 1.54) is 25.0 Å². The summed E-state index contributed by atoms with van der Waals surface area (Å²) in [7, 11) is 1.38. The molecule has 0 N–H and O–H groups in total. The van der Waals surface area contributed by atoms with Crippen molar-refractivity contribution in [1.82, 2.24) is 0 Å². The molecule has 0 heterocycles. The Balaban J connectivity index is 1.93. The largest absolute Gasteiger partial charge is 0.493 e. The SMILES string of the molecule is COc1cc(/C=N/OCc2ccc(C(C)C)cc2)ccc1OC(F)F. The summed E-state index contributed by atoms with van der Waals surface area (Å²) < 4.78 is 34.0. The summed E-state index contributed by atoms with van der Waals surface area (Å²) >= 11 is 0. The molecule has 0 amide bonds. The van der Waals surface area contributed by atoms with Crippen molar-refractivity contribution in [3.63, 3.8) is 0 Å². The van der Waals surface area contributed by atoms with Gasteiger partial charge in [0.2, 0.25) is 0 Å². The van der Waals surface area contributed by atoms with Gasteiger partial charge in [-0.3, -0.25) is 0 Å². The molecule has 6 heteroatoms. The number of halogens is 2. The van der Waals surface area contributed by atoms with E-state index in [1.54, 1.807) is 12.1 Å². The second-order valence-electron chi connectivity index (χ2n) is 5.69. The Kier molecular flexibility index (Phi) is 6.74. The number of methoxy groups -OCH3 is 1. The molecule has 0 aliphatic rings. The molecule has 134 valence electrons. The van der Waals surface area contributed by atoms with Crippen LogP contribution in [0.4, 0.5) is 8.78 Å². The summed E-state index contributed by atoms with van der Waals surface area (Å²) in [6.07, 6.45) is 1.48. The van der Waals surface area contributed by atoms with Crippen LogP contribution >= 0.6 is 0 Å². The second kappa shape index (κ2) is 9.01. The van der Waals surface area contributed by atoms with Gasteiger partial charge in [0.05, 0.1) is 13.3 Å². The van der Waals surface area contributed by atoms with E-state index in [4.69, 9.17) is 9.57 Å². The third-order valence-electron chi connectivity index (χ3n) is 3.56. The lowest BCUT2D eigenvalue weighted by Crippen LogP contribution is -2.03. The minimum atomic E-state index is -2.90. The van der Waals surface area contributed by atoms with E-state index in [-0.39, 0.29) is 11.5 Å². The molecule has 0 atom stereocenters. The summed E-state index contributed by atoms with van der Waals surface area (Å²) in [5, 5.41) is 3.89. The van der Waals surface area contributed by atoms with Crippen LogP contribution in [0.15, 0.2) is 47.6 Å². The Morgan fingerprint density at radius 2 is 1.76 bits per heavy atom. The molecule has 2 aromatic carbocycles. The van der Waals surface area contributed by atoms with E-state index >= 15 is 0 Å². The van der Waals surface area contributed by atoms with Crippen molar-refractivity contribution < 1.29 is 23.1 Å². The average Bonchev–Trinajstić information content (AvgIpc) is 2.59. The van der Waals surface area contributed by atoms with Crippen LogP contribution < -0.4 is 9.47 Å². The third-order valence-corrected chi connectivity index (χ3v) is 3.56. The van der Waals surface area contributed by atoms with Crippen LogP contribution in [0.25, 0.3) is 0 Å². The van der Waals surface area contributed by atoms with Crippen LogP contribution in [-0.2, 0) is 11.4 Å². The van der Waals surface area contributed by atoms with Crippen LogP contribution in [0.5, 0.6) is 11.5 Å². The molecule has 0 aliphatic heterocycles. The third kappa shape index (κ3) is 5.74. The zero-order chi connectivity index (χ0) is 18.2. The number of oxime groups is 1. The molecule has 0 saturated heterocycles. The second-order valence-corrected chi connectivity index (χ2v) is 5.69. The Morgan fingerprint density at radius 1 is 1.04 bits per heavy atom. The normalized spacial score (nSPS) is 11.3. The molecule has 0 saturated carbocycles. The van der Waals surface area contributed by atoms with E-state index in [1.807, 2.05) is 12.1 Å². The number of rotatable bonds is 8. The van der Waals surface area contributed by atoms with E-state index in [2.05, 4.69) is 35.9 Å². The quantitative estimate of drug-likeness (QED) is 0.499. The molecule has 0 spiro atoms. The number of alkyl halides is 2. The molecule has 0 aliphatic carbocycles. The first-order valence-electron chi connectivity index (χ1n) is 7.86. The molecule has 4 nitrogen and oxygen atoms in total. The van der Waals surface area contributed by atoms with Gasteiger partial charge in [0.25, 0.3) is 0 Å². The van der Waals surface area contributed by atoms with Gasteiger partial charge in [-0.15, -0.1) is 0 Å². The minimum absolute atomic E-state index is 0.0270. The molecule has 0 fully saturated rings. The van der Waals surface area contributed by atoms with Gasteiger partial charge in [-0.25, -0.2) is 0 Å². The minimum Gasteiger partial charge on any atom is -0.493 e. The van der Waals surface area contributed by atoms with Crippen molar-refractivity contribution in [2.45, 2.75) is 33.0 Å². The predicted octanol–water partition coefficient (Wildman–Crippen LogP) is 4.97. The Labute approximate surface area is 146 Å². The van der Waals surface area contributed by atoms with E-state index in [0.717, 1.165) is 5.56 Å². The van der Waals surface area contributed by atoms with E-state index < -0.39 is 6.61 Å². The molecule has 0 aromatic heterocycles. The maximum atomic E-state index is 12.3. The summed E-state index contributed by atoms with van der Waals surface area (Å²) in [6.45, 7) is 1.72. The zero-order valence-corrected chi connectivity index (χ0v) is 14.4. The lowest BCUT2D eigenvalue weighted by atomic mass is 10.0. The Morgan fingerprint density at radius 3 is 2.36 bits per heavy atom. The molecule has 2 aromatic rings. The highest BCUT2D eigenvalue weighted by Crippen LogP contribution is 2.28. The summed E-state index contributed by atoms with van der Waals surface area (Å²) in [4.78, 5) is 5.27. The zero-order valence-electron chi connectivity index (χ0n) is 14.4. The maximum absolute atomic E-state index is 12.3. The number of benzene rings is 2. The summed E-state index contributed by atoms with van der Waals surface area (Å²) in [6, 6.07) is 12.7. The van der Waals surface area contributed by atoms with Crippen LogP contribution in [0, 0.1) is 0 Å². The van der Waals surface area contributed by atoms with Crippen LogP contribution in [0.1, 0.15) is 36.5 Å². The highest BCUT2D eigenvalue weighted by molar-refractivity contribution is 5.80. The van der Waals surface area contributed by atoms with Gasteiger partial charge >= 0.3 is 6.61 Å². The molecular weight excluding hydrogens is 328 g/mol. The molecule has 0 unspecified atom stereocenters. The van der Waals surface area contributed by atoms with Crippen molar-refractivity contribution >= 4 is 6.21 Å². The van der Waals surface area contributed by atoms with Crippen LogP contribution in [-0.4, -0.2) is 19.9 Å². The van der Waals surface area contributed by atoms with Crippen molar-refractivity contribution in [3.8, 4) is 11.5 Å². The maximum Gasteiger partial charge on any atom is 0.387 e. The van der Waals surface area contributed by atoms with Crippen molar-refractivity contribution in [2.75, 3.05) is 7.11 Å². The summed E-state index contributed by atoms with van der Waals surface area (Å²) in [5.74, 6) is 0.661. The first-order chi connectivity index (χ1) is 12.0. The van der Waals surface area contributed by atoms with Gasteiger partial charge in [0.1, 0.15) is 6.61 Å². The fourth-order valence-corrected chi connectivity index (χ4v) is 2.17. The van der Waals surface area contributed by atoms with Gasteiger partial charge in [0, 0.05) is 5.56 Å². The lowest BCUT2D eigenvalue weighted by molar-refractivity contribution is -0.0512. The fourth-order valence-electron chi connectivity index (χ4n) is 2.17. The molecule has 2 rings (SSSR count). The van der Waals surface area contributed by atoms with E-state index in [9.17, 15) is 8.78 Å². The number of hydrogen-bond acceptors (Lipinski definition) is 4. The molecule has 0 radical (unpaired) electrons. The van der Waals surface area contributed by atoms with Gasteiger partial charge < -0.3 is 14.3 Å². The topological polar surface area (TPSA) is 40.0 Å². The summed E-state index contributed by atoms with van der Waals surface area (Å²) in [5.41, 5.74) is 2.93. The smallest absolute Gasteiger partial charge is 0.387 e. The van der Waals surface area contributed by atoms with Gasteiger partial charge in [0.15, 0.2) is 11.5 Å². The van der Waals surface area contributed by atoms with Crippen molar-refractivity contribution in [3.05, 3.63) is 59.2 Å². The highest BCUT2D eigenvalue weighted by Gasteiger charge is 2.10.